The Morgan fingerprint density at radius 1 is 1.33 bits per heavy atom. The maximum Gasteiger partial charge on any atom is 0.416 e. The Labute approximate surface area is 136 Å². The average Bonchev–Trinajstić information content (AvgIpc) is 2.52. The number of carbonyl (C=O) groups excluding carboxylic acids is 2. The van der Waals surface area contributed by atoms with E-state index in [4.69, 9.17) is 11.0 Å². The Bertz CT molecular complexity index is 638. The summed E-state index contributed by atoms with van der Waals surface area (Å²) in [5, 5.41) is 20.8. The van der Waals surface area contributed by atoms with E-state index in [1.165, 1.54) is 6.92 Å². The van der Waals surface area contributed by atoms with Crippen LogP contribution in [0.4, 0.5) is 13.2 Å². The lowest BCUT2D eigenvalue weighted by Crippen LogP contribution is -2.46. The van der Waals surface area contributed by atoms with E-state index in [-0.39, 0.29) is 12.0 Å². The normalized spacial score (nSPS) is 15.0. The van der Waals surface area contributed by atoms with E-state index in [1.807, 2.05) is 6.07 Å². The fraction of sp³-hybridized carbons (Fsp3) is 0.400. The monoisotopic (exact) mass is 343 g/mol. The SMILES string of the molecule is C[C@@H](C#N)C[C@H](NC(=O)[C@H](O)c1ccc(C(F)(F)F)cc1)C(N)=O. The van der Waals surface area contributed by atoms with Crippen molar-refractivity contribution < 1.29 is 27.9 Å². The highest BCUT2D eigenvalue weighted by Crippen LogP contribution is 2.30. The van der Waals surface area contributed by atoms with Gasteiger partial charge in [0.05, 0.1) is 11.6 Å². The Kier molecular flexibility index (Phi) is 6.31. The third-order valence-electron chi connectivity index (χ3n) is 3.27. The number of hydrogen-bond donors (Lipinski definition) is 3. The molecular formula is C15H16F3N3O3. The highest BCUT2D eigenvalue weighted by Gasteiger charge is 2.31. The molecule has 0 spiro atoms. The maximum atomic E-state index is 12.5. The fourth-order valence-electron chi connectivity index (χ4n) is 1.91. The van der Waals surface area contributed by atoms with E-state index >= 15 is 0 Å². The van der Waals surface area contributed by atoms with Crippen molar-refractivity contribution in [2.75, 3.05) is 0 Å². The first-order valence-electron chi connectivity index (χ1n) is 6.90. The number of rotatable bonds is 6. The minimum absolute atomic E-state index is 0.0443. The third kappa shape index (κ3) is 5.24. The van der Waals surface area contributed by atoms with Crippen molar-refractivity contribution in [1.82, 2.24) is 5.32 Å². The summed E-state index contributed by atoms with van der Waals surface area (Å²) in [4.78, 5) is 23.2. The predicted molar refractivity (Wildman–Crippen MR) is 76.9 cm³/mol. The summed E-state index contributed by atoms with van der Waals surface area (Å²) >= 11 is 0. The number of alkyl halides is 3. The number of hydrogen-bond acceptors (Lipinski definition) is 4. The molecule has 2 amide bonds. The van der Waals surface area contributed by atoms with E-state index in [0.717, 1.165) is 24.3 Å². The minimum Gasteiger partial charge on any atom is -0.378 e. The van der Waals surface area contributed by atoms with Gasteiger partial charge in [-0.1, -0.05) is 12.1 Å². The molecule has 0 radical (unpaired) electrons. The molecule has 0 saturated carbocycles. The van der Waals surface area contributed by atoms with Crippen molar-refractivity contribution in [3.8, 4) is 6.07 Å². The second-order valence-corrected chi connectivity index (χ2v) is 5.25. The van der Waals surface area contributed by atoms with Gasteiger partial charge in [0.2, 0.25) is 5.91 Å². The van der Waals surface area contributed by atoms with Gasteiger partial charge in [-0.15, -0.1) is 0 Å². The van der Waals surface area contributed by atoms with Crippen molar-refractivity contribution >= 4 is 11.8 Å². The van der Waals surface area contributed by atoms with Gasteiger partial charge in [-0.3, -0.25) is 9.59 Å². The molecule has 0 bridgehead atoms. The van der Waals surface area contributed by atoms with Gasteiger partial charge < -0.3 is 16.2 Å². The van der Waals surface area contributed by atoms with Gasteiger partial charge in [0, 0.05) is 5.92 Å². The summed E-state index contributed by atoms with van der Waals surface area (Å²) in [5.74, 6) is -2.44. The van der Waals surface area contributed by atoms with Crippen LogP contribution < -0.4 is 11.1 Å². The van der Waals surface area contributed by atoms with Crippen molar-refractivity contribution in [3.63, 3.8) is 0 Å². The van der Waals surface area contributed by atoms with Crippen LogP contribution in [0.1, 0.15) is 30.6 Å². The predicted octanol–water partition coefficient (Wildman–Crippen LogP) is 1.26. The molecule has 3 atom stereocenters. The maximum absolute atomic E-state index is 12.5. The standard InChI is InChI=1S/C15H16F3N3O3/c1-8(7-19)6-11(13(20)23)21-14(24)12(22)9-2-4-10(5-3-9)15(16,17)18/h2-5,8,11-12,22H,6H2,1H3,(H2,20,23)(H,21,24)/t8-,11+,12-/m1/s1. The van der Waals surface area contributed by atoms with E-state index < -0.39 is 41.6 Å². The first-order chi connectivity index (χ1) is 11.1. The zero-order valence-corrected chi connectivity index (χ0v) is 12.7. The van der Waals surface area contributed by atoms with Crippen molar-refractivity contribution in [1.29, 1.82) is 5.26 Å². The van der Waals surface area contributed by atoms with Crippen LogP contribution in [0.2, 0.25) is 0 Å². The van der Waals surface area contributed by atoms with Gasteiger partial charge in [0.15, 0.2) is 6.10 Å². The summed E-state index contributed by atoms with van der Waals surface area (Å²) in [5.41, 5.74) is 4.13. The molecule has 0 aliphatic rings. The molecule has 0 fully saturated rings. The molecule has 0 saturated heterocycles. The number of halogens is 3. The summed E-state index contributed by atoms with van der Waals surface area (Å²) in [6.07, 6.45) is -6.35. The van der Waals surface area contributed by atoms with Gasteiger partial charge >= 0.3 is 6.18 Å². The molecule has 1 rings (SSSR count). The molecule has 0 aliphatic carbocycles. The molecule has 1 aromatic carbocycles. The van der Waals surface area contributed by atoms with Gasteiger partial charge in [-0.2, -0.15) is 18.4 Å². The van der Waals surface area contributed by atoms with E-state index in [0.29, 0.717) is 0 Å². The van der Waals surface area contributed by atoms with Crippen LogP contribution >= 0.6 is 0 Å². The van der Waals surface area contributed by atoms with Gasteiger partial charge in [-0.25, -0.2) is 0 Å². The quantitative estimate of drug-likeness (QED) is 0.721. The highest BCUT2D eigenvalue weighted by molar-refractivity contribution is 5.89. The molecule has 9 heteroatoms. The van der Waals surface area contributed by atoms with Crippen LogP contribution in [0.3, 0.4) is 0 Å². The first kappa shape index (κ1) is 19.4. The summed E-state index contributed by atoms with van der Waals surface area (Å²) in [7, 11) is 0. The smallest absolute Gasteiger partial charge is 0.378 e. The van der Waals surface area contributed by atoms with E-state index in [1.54, 1.807) is 0 Å². The molecule has 130 valence electrons. The number of nitrogens with one attached hydrogen (secondary N) is 1. The molecule has 4 N–H and O–H groups in total. The molecule has 0 unspecified atom stereocenters. The van der Waals surface area contributed by atoms with Gasteiger partial charge in [-0.05, 0) is 31.0 Å². The second-order valence-electron chi connectivity index (χ2n) is 5.25. The van der Waals surface area contributed by atoms with Crippen molar-refractivity contribution in [3.05, 3.63) is 35.4 Å². The molecule has 6 nitrogen and oxygen atoms in total. The lowest BCUT2D eigenvalue weighted by atomic mass is 10.0. The second kappa shape index (κ2) is 7.79. The van der Waals surface area contributed by atoms with Crippen LogP contribution in [0.15, 0.2) is 24.3 Å². The summed E-state index contributed by atoms with van der Waals surface area (Å²) in [6, 6.07) is 4.09. The lowest BCUT2D eigenvalue weighted by molar-refractivity contribution is -0.137. The number of nitrogens with zero attached hydrogens (tertiary/aromatic N) is 1. The van der Waals surface area contributed by atoms with Crippen molar-refractivity contribution in [2.45, 2.75) is 31.7 Å². The Morgan fingerprint density at radius 3 is 2.29 bits per heavy atom. The van der Waals surface area contributed by atoms with Crippen LogP contribution in [0.5, 0.6) is 0 Å². The lowest BCUT2D eigenvalue weighted by Gasteiger charge is -2.19. The highest BCUT2D eigenvalue weighted by atomic mass is 19.4. The minimum atomic E-state index is -4.53. The fourth-order valence-corrected chi connectivity index (χ4v) is 1.91. The van der Waals surface area contributed by atoms with Crippen molar-refractivity contribution in [2.24, 2.45) is 11.7 Å². The van der Waals surface area contributed by atoms with Crippen LogP contribution in [-0.2, 0) is 15.8 Å². The van der Waals surface area contributed by atoms with Crippen LogP contribution in [0, 0.1) is 17.2 Å². The number of nitriles is 1. The van der Waals surface area contributed by atoms with Gasteiger partial charge in [0.1, 0.15) is 6.04 Å². The number of nitrogens with two attached hydrogens (primary N) is 1. The average molecular weight is 343 g/mol. The zero-order chi connectivity index (χ0) is 18.5. The number of aliphatic hydroxyl groups excluding tert-OH is 1. The largest absolute Gasteiger partial charge is 0.416 e. The number of aliphatic hydroxyl groups is 1. The van der Waals surface area contributed by atoms with E-state index in [2.05, 4.69) is 5.32 Å². The number of amides is 2. The molecule has 1 aromatic rings. The molecule has 24 heavy (non-hydrogen) atoms. The van der Waals surface area contributed by atoms with Gasteiger partial charge in [0.25, 0.3) is 5.91 Å². The topological polar surface area (TPSA) is 116 Å². The Morgan fingerprint density at radius 2 is 1.88 bits per heavy atom. The Hall–Kier alpha value is -2.60. The van der Waals surface area contributed by atoms with Crippen LogP contribution in [0.25, 0.3) is 0 Å². The van der Waals surface area contributed by atoms with E-state index in [9.17, 15) is 27.9 Å². The zero-order valence-electron chi connectivity index (χ0n) is 12.7. The molecule has 0 heterocycles. The molecular weight excluding hydrogens is 327 g/mol. The number of carbonyl (C=O) groups is 2. The third-order valence-corrected chi connectivity index (χ3v) is 3.27. The summed E-state index contributed by atoms with van der Waals surface area (Å²) in [6.45, 7) is 1.52. The molecule has 0 aliphatic heterocycles. The number of benzene rings is 1. The van der Waals surface area contributed by atoms with Crippen LogP contribution in [-0.4, -0.2) is 23.0 Å². The Balaban J connectivity index is 2.83. The molecule has 0 aromatic heterocycles. The number of primary amides is 1. The summed E-state index contributed by atoms with van der Waals surface area (Å²) < 4.78 is 37.4. The first-order valence-corrected chi connectivity index (χ1v) is 6.90.